The second-order valence-electron chi connectivity index (χ2n) is 4.85. The molecule has 1 heterocycles. The Morgan fingerprint density at radius 1 is 1.15 bits per heavy atom. The lowest BCUT2D eigenvalue weighted by molar-refractivity contribution is 0.352. The van der Waals surface area contributed by atoms with Gasteiger partial charge < -0.3 is 10.1 Å². The molecule has 2 nitrogen and oxygen atoms in total. The highest BCUT2D eigenvalue weighted by molar-refractivity contribution is 9.10. The van der Waals surface area contributed by atoms with Crippen LogP contribution in [0.2, 0.25) is 0 Å². The van der Waals surface area contributed by atoms with Gasteiger partial charge in [0.15, 0.2) is 0 Å². The SMILES string of the molecule is Fc1ccccc1CNCc1cc(Br)cc2c1OCC2. The first-order valence-corrected chi connectivity index (χ1v) is 7.41. The first-order chi connectivity index (χ1) is 9.74. The van der Waals surface area contributed by atoms with Gasteiger partial charge in [0.25, 0.3) is 0 Å². The summed E-state index contributed by atoms with van der Waals surface area (Å²) in [6.45, 7) is 1.91. The maximum absolute atomic E-state index is 13.5. The molecule has 0 aromatic heterocycles. The predicted octanol–water partition coefficient (Wildman–Crippen LogP) is 3.81. The highest BCUT2D eigenvalue weighted by Gasteiger charge is 2.17. The summed E-state index contributed by atoms with van der Waals surface area (Å²) in [5, 5.41) is 3.27. The lowest BCUT2D eigenvalue weighted by atomic mass is 10.1. The number of rotatable bonds is 4. The van der Waals surface area contributed by atoms with E-state index in [-0.39, 0.29) is 5.82 Å². The molecule has 0 bridgehead atoms. The van der Waals surface area contributed by atoms with E-state index in [4.69, 9.17) is 4.74 Å². The Labute approximate surface area is 126 Å². The van der Waals surface area contributed by atoms with Crippen LogP contribution in [0.4, 0.5) is 4.39 Å². The number of halogens is 2. The van der Waals surface area contributed by atoms with Crippen molar-refractivity contribution in [2.75, 3.05) is 6.61 Å². The van der Waals surface area contributed by atoms with E-state index in [1.165, 1.54) is 11.6 Å². The molecule has 1 N–H and O–H groups in total. The summed E-state index contributed by atoms with van der Waals surface area (Å²) in [6, 6.07) is 11.0. The third-order valence-electron chi connectivity index (χ3n) is 3.41. The maximum atomic E-state index is 13.5. The molecule has 2 aromatic rings. The molecular weight excluding hydrogens is 321 g/mol. The van der Waals surface area contributed by atoms with Gasteiger partial charge in [-0.15, -0.1) is 0 Å². The Morgan fingerprint density at radius 2 is 1.95 bits per heavy atom. The first-order valence-electron chi connectivity index (χ1n) is 6.62. The zero-order valence-corrected chi connectivity index (χ0v) is 12.5. The molecule has 0 radical (unpaired) electrons. The standard InChI is InChI=1S/C16H15BrFNO/c17-14-7-11-5-6-20-16(11)13(8-14)10-19-9-12-3-1-2-4-15(12)18/h1-4,7-8,19H,5-6,9-10H2. The van der Waals surface area contributed by atoms with Crippen LogP contribution in [0.5, 0.6) is 5.75 Å². The second kappa shape index (κ2) is 5.94. The summed E-state index contributed by atoms with van der Waals surface area (Å²) in [4.78, 5) is 0. The van der Waals surface area contributed by atoms with E-state index in [0.29, 0.717) is 18.7 Å². The zero-order chi connectivity index (χ0) is 13.9. The van der Waals surface area contributed by atoms with E-state index in [9.17, 15) is 4.39 Å². The van der Waals surface area contributed by atoms with E-state index in [2.05, 4.69) is 33.4 Å². The normalized spacial score (nSPS) is 13.1. The van der Waals surface area contributed by atoms with Crippen LogP contribution in [0.3, 0.4) is 0 Å². The fourth-order valence-corrected chi connectivity index (χ4v) is 3.00. The van der Waals surface area contributed by atoms with Crippen molar-refractivity contribution in [2.24, 2.45) is 0 Å². The van der Waals surface area contributed by atoms with Crippen molar-refractivity contribution in [2.45, 2.75) is 19.5 Å². The molecule has 0 fully saturated rings. The highest BCUT2D eigenvalue weighted by atomic mass is 79.9. The Morgan fingerprint density at radius 3 is 2.80 bits per heavy atom. The first kappa shape index (κ1) is 13.6. The summed E-state index contributed by atoms with van der Waals surface area (Å²) in [7, 11) is 0. The fourth-order valence-electron chi connectivity index (χ4n) is 2.45. The summed E-state index contributed by atoms with van der Waals surface area (Å²) in [5.41, 5.74) is 3.03. The van der Waals surface area contributed by atoms with Crippen molar-refractivity contribution >= 4 is 15.9 Å². The van der Waals surface area contributed by atoms with Crippen LogP contribution in [-0.4, -0.2) is 6.61 Å². The van der Waals surface area contributed by atoms with Gasteiger partial charge in [0.2, 0.25) is 0 Å². The Kier molecular flexibility index (Phi) is 4.03. The maximum Gasteiger partial charge on any atom is 0.127 e. The molecule has 0 unspecified atom stereocenters. The smallest absolute Gasteiger partial charge is 0.127 e. The number of hydrogen-bond donors (Lipinski definition) is 1. The minimum Gasteiger partial charge on any atom is -0.493 e. The van der Waals surface area contributed by atoms with Crippen molar-refractivity contribution in [3.8, 4) is 5.75 Å². The molecule has 3 rings (SSSR count). The largest absolute Gasteiger partial charge is 0.493 e. The Hall–Kier alpha value is -1.39. The van der Waals surface area contributed by atoms with Crippen LogP contribution in [0.1, 0.15) is 16.7 Å². The van der Waals surface area contributed by atoms with Crippen LogP contribution in [0.15, 0.2) is 40.9 Å². The monoisotopic (exact) mass is 335 g/mol. The molecule has 0 atom stereocenters. The van der Waals surface area contributed by atoms with Gasteiger partial charge >= 0.3 is 0 Å². The number of nitrogens with one attached hydrogen (secondary N) is 1. The van der Waals surface area contributed by atoms with Gasteiger partial charge in [-0.2, -0.15) is 0 Å². The van der Waals surface area contributed by atoms with Crippen LogP contribution in [0.25, 0.3) is 0 Å². The lowest BCUT2D eigenvalue weighted by Gasteiger charge is -2.10. The number of ether oxygens (including phenoxy) is 1. The van der Waals surface area contributed by atoms with Crippen LogP contribution in [-0.2, 0) is 19.5 Å². The van der Waals surface area contributed by atoms with Gasteiger partial charge in [-0.1, -0.05) is 34.1 Å². The average molecular weight is 336 g/mol. The van der Waals surface area contributed by atoms with E-state index in [1.807, 2.05) is 6.07 Å². The van der Waals surface area contributed by atoms with E-state index < -0.39 is 0 Å². The number of hydrogen-bond acceptors (Lipinski definition) is 2. The van der Waals surface area contributed by atoms with Gasteiger partial charge in [0.05, 0.1) is 6.61 Å². The summed E-state index contributed by atoms with van der Waals surface area (Å²) in [5.74, 6) is 0.810. The molecule has 1 aliphatic rings. The molecule has 0 aliphatic carbocycles. The average Bonchev–Trinajstić information content (AvgIpc) is 2.89. The van der Waals surface area contributed by atoms with Crippen molar-refractivity contribution in [1.29, 1.82) is 0 Å². The van der Waals surface area contributed by atoms with Gasteiger partial charge in [0.1, 0.15) is 11.6 Å². The Bertz CT molecular complexity index is 630. The van der Waals surface area contributed by atoms with E-state index in [0.717, 1.165) is 28.8 Å². The number of benzene rings is 2. The topological polar surface area (TPSA) is 21.3 Å². The van der Waals surface area contributed by atoms with Gasteiger partial charge in [0, 0.05) is 35.1 Å². The van der Waals surface area contributed by atoms with Crippen molar-refractivity contribution in [1.82, 2.24) is 5.32 Å². The van der Waals surface area contributed by atoms with Gasteiger partial charge in [-0.05, 0) is 23.8 Å². The molecule has 104 valence electrons. The fraction of sp³-hybridized carbons (Fsp3) is 0.250. The summed E-state index contributed by atoms with van der Waals surface area (Å²) in [6.07, 6.45) is 0.953. The molecule has 1 aliphatic heterocycles. The van der Waals surface area contributed by atoms with Gasteiger partial charge in [-0.3, -0.25) is 0 Å². The molecule has 0 amide bonds. The number of fused-ring (bicyclic) bond motifs is 1. The molecule has 20 heavy (non-hydrogen) atoms. The van der Waals surface area contributed by atoms with E-state index in [1.54, 1.807) is 12.1 Å². The van der Waals surface area contributed by atoms with Gasteiger partial charge in [-0.25, -0.2) is 4.39 Å². The minimum absolute atomic E-state index is 0.171. The molecule has 0 saturated carbocycles. The van der Waals surface area contributed by atoms with Crippen LogP contribution >= 0.6 is 15.9 Å². The molecule has 0 saturated heterocycles. The molecule has 2 aromatic carbocycles. The predicted molar refractivity (Wildman–Crippen MR) is 80.3 cm³/mol. The van der Waals surface area contributed by atoms with Crippen molar-refractivity contribution in [3.63, 3.8) is 0 Å². The third kappa shape index (κ3) is 2.86. The highest BCUT2D eigenvalue weighted by Crippen LogP contribution is 2.32. The third-order valence-corrected chi connectivity index (χ3v) is 3.87. The van der Waals surface area contributed by atoms with E-state index >= 15 is 0 Å². The van der Waals surface area contributed by atoms with Crippen molar-refractivity contribution in [3.05, 3.63) is 63.4 Å². The second-order valence-corrected chi connectivity index (χ2v) is 5.76. The zero-order valence-electron chi connectivity index (χ0n) is 11.0. The lowest BCUT2D eigenvalue weighted by Crippen LogP contribution is -2.14. The summed E-state index contributed by atoms with van der Waals surface area (Å²) < 4.78 is 20.3. The van der Waals surface area contributed by atoms with Crippen LogP contribution < -0.4 is 10.1 Å². The molecule has 0 spiro atoms. The summed E-state index contributed by atoms with van der Waals surface area (Å²) >= 11 is 3.52. The molecular formula is C16H15BrFNO. The minimum atomic E-state index is -0.171. The quantitative estimate of drug-likeness (QED) is 0.917. The van der Waals surface area contributed by atoms with Crippen LogP contribution in [0, 0.1) is 5.82 Å². The Balaban J connectivity index is 1.69. The van der Waals surface area contributed by atoms with Crippen molar-refractivity contribution < 1.29 is 9.13 Å². The molecule has 4 heteroatoms.